The number of morpholine rings is 1. The Balaban J connectivity index is 1.62. The average Bonchev–Trinajstić information content (AvgIpc) is 3.18. The maximum absolute atomic E-state index is 13.8. The minimum Gasteiger partial charge on any atom is -0.379 e. The number of hydrogen-bond acceptors (Lipinski definition) is 6. The molecule has 3 heterocycles. The van der Waals surface area contributed by atoms with Gasteiger partial charge in [-0.15, -0.1) is 0 Å². The lowest BCUT2D eigenvalue weighted by Crippen LogP contribution is -2.44. The lowest BCUT2D eigenvalue weighted by molar-refractivity contribution is -0.134. The van der Waals surface area contributed by atoms with Gasteiger partial charge in [-0.1, -0.05) is 12.1 Å². The minimum absolute atomic E-state index is 0.0757. The topological polar surface area (TPSA) is 84.6 Å². The molecule has 0 unspecified atom stereocenters. The van der Waals surface area contributed by atoms with Crippen LogP contribution < -0.4 is 5.73 Å². The van der Waals surface area contributed by atoms with Crippen molar-refractivity contribution in [3.63, 3.8) is 0 Å². The van der Waals surface area contributed by atoms with Crippen molar-refractivity contribution in [3.8, 4) is 11.1 Å². The third-order valence-corrected chi connectivity index (χ3v) is 5.32. The third kappa shape index (κ3) is 3.98. The van der Waals surface area contributed by atoms with Crippen LogP contribution in [0.25, 0.3) is 11.1 Å². The summed E-state index contributed by atoms with van der Waals surface area (Å²) in [5.41, 5.74) is 7.93. The summed E-state index contributed by atoms with van der Waals surface area (Å²) in [4.78, 5) is 25.5. The molecule has 1 amide bonds. The molecule has 7 nitrogen and oxygen atoms in total. The van der Waals surface area contributed by atoms with Gasteiger partial charge >= 0.3 is 0 Å². The number of nitrogens with two attached hydrogens (primary N) is 1. The number of carbonyl (C=O) groups is 1. The highest BCUT2D eigenvalue weighted by Crippen LogP contribution is 2.36. The normalized spacial score (nSPS) is 20.5. The Morgan fingerprint density at radius 3 is 2.89 bits per heavy atom. The van der Waals surface area contributed by atoms with E-state index in [-0.39, 0.29) is 23.7 Å². The van der Waals surface area contributed by atoms with Gasteiger partial charge in [-0.25, -0.2) is 14.4 Å². The number of rotatable bonds is 4. The molecule has 8 heteroatoms. The van der Waals surface area contributed by atoms with Crippen LogP contribution in [0, 0.1) is 5.82 Å². The summed E-state index contributed by atoms with van der Waals surface area (Å²) >= 11 is 0. The van der Waals surface area contributed by atoms with Crippen molar-refractivity contribution in [2.24, 2.45) is 0 Å². The number of benzene rings is 1. The maximum atomic E-state index is 13.8. The van der Waals surface area contributed by atoms with Crippen molar-refractivity contribution in [2.45, 2.75) is 18.9 Å². The molecule has 1 aromatic heterocycles. The molecule has 28 heavy (non-hydrogen) atoms. The molecule has 4 rings (SSSR count). The van der Waals surface area contributed by atoms with Crippen LogP contribution in [0.4, 0.5) is 10.3 Å². The summed E-state index contributed by atoms with van der Waals surface area (Å²) in [6, 6.07) is 6.14. The van der Waals surface area contributed by atoms with Crippen LogP contribution in [0.1, 0.15) is 24.6 Å². The highest BCUT2D eigenvalue weighted by atomic mass is 19.1. The summed E-state index contributed by atoms with van der Waals surface area (Å²) in [5, 5.41) is 0. The van der Waals surface area contributed by atoms with E-state index < -0.39 is 0 Å². The van der Waals surface area contributed by atoms with Crippen molar-refractivity contribution in [3.05, 3.63) is 42.0 Å². The van der Waals surface area contributed by atoms with Gasteiger partial charge in [-0.3, -0.25) is 9.69 Å². The van der Waals surface area contributed by atoms with E-state index in [9.17, 15) is 9.18 Å². The van der Waals surface area contributed by atoms with Gasteiger partial charge < -0.3 is 15.4 Å². The number of halogens is 1. The zero-order valence-corrected chi connectivity index (χ0v) is 15.7. The Morgan fingerprint density at radius 1 is 1.29 bits per heavy atom. The Morgan fingerprint density at radius 2 is 2.11 bits per heavy atom. The molecule has 2 saturated heterocycles. The molecule has 0 radical (unpaired) electrons. The van der Waals surface area contributed by atoms with Gasteiger partial charge in [0.2, 0.25) is 11.9 Å². The van der Waals surface area contributed by atoms with Crippen molar-refractivity contribution in [1.82, 2.24) is 19.8 Å². The van der Waals surface area contributed by atoms with Crippen LogP contribution in [0.3, 0.4) is 0 Å². The number of ether oxygens (including phenoxy) is 1. The average molecular weight is 385 g/mol. The number of anilines is 1. The van der Waals surface area contributed by atoms with E-state index in [4.69, 9.17) is 10.5 Å². The molecule has 0 aliphatic carbocycles. The first kappa shape index (κ1) is 18.8. The van der Waals surface area contributed by atoms with E-state index in [1.807, 2.05) is 11.0 Å². The number of carbonyl (C=O) groups excluding carboxylic acids is 1. The first-order chi connectivity index (χ1) is 13.6. The second kappa shape index (κ2) is 8.20. The summed E-state index contributed by atoms with van der Waals surface area (Å²) in [5.74, 6) is -0.0960. The fourth-order valence-electron chi connectivity index (χ4n) is 3.93. The number of aromatic nitrogens is 2. The zero-order chi connectivity index (χ0) is 19.5. The molecular weight excluding hydrogens is 361 g/mol. The highest BCUT2D eigenvalue weighted by Gasteiger charge is 2.33. The van der Waals surface area contributed by atoms with Crippen LogP contribution in [0.2, 0.25) is 0 Å². The van der Waals surface area contributed by atoms with Crippen LogP contribution in [-0.4, -0.2) is 65.1 Å². The van der Waals surface area contributed by atoms with E-state index >= 15 is 0 Å². The second-order valence-electron chi connectivity index (χ2n) is 7.17. The van der Waals surface area contributed by atoms with Crippen molar-refractivity contribution in [1.29, 1.82) is 0 Å². The summed E-state index contributed by atoms with van der Waals surface area (Å²) in [6.07, 6.45) is 3.31. The van der Waals surface area contributed by atoms with Gasteiger partial charge in [0.1, 0.15) is 5.82 Å². The Bertz CT molecular complexity index is 856. The maximum Gasteiger partial charge on any atom is 0.237 e. The van der Waals surface area contributed by atoms with Gasteiger partial charge in [-0.2, -0.15) is 0 Å². The highest BCUT2D eigenvalue weighted by molar-refractivity contribution is 5.79. The van der Waals surface area contributed by atoms with Crippen molar-refractivity contribution in [2.75, 3.05) is 45.1 Å². The Kier molecular flexibility index (Phi) is 5.50. The second-order valence-corrected chi connectivity index (χ2v) is 7.17. The van der Waals surface area contributed by atoms with E-state index in [0.29, 0.717) is 43.1 Å². The first-order valence-electron chi connectivity index (χ1n) is 9.60. The predicted molar refractivity (Wildman–Crippen MR) is 103 cm³/mol. The summed E-state index contributed by atoms with van der Waals surface area (Å²) in [6.45, 7) is 3.89. The van der Waals surface area contributed by atoms with Crippen LogP contribution >= 0.6 is 0 Å². The first-order valence-corrected chi connectivity index (χ1v) is 9.60. The van der Waals surface area contributed by atoms with Crippen LogP contribution in [-0.2, 0) is 9.53 Å². The Labute approximate surface area is 163 Å². The molecule has 2 fully saturated rings. The molecule has 2 N–H and O–H groups in total. The molecule has 1 aromatic carbocycles. The summed E-state index contributed by atoms with van der Waals surface area (Å²) < 4.78 is 19.1. The fraction of sp³-hybridized carbons (Fsp3) is 0.450. The van der Waals surface area contributed by atoms with Crippen molar-refractivity contribution < 1.29 is 13.9 Å². The third-order valence-electron chi connectivity index (χ3n) is 5.32. The predicted octanol–water partition coefficient (Wildman–Crippen LogP) is 1.86. The molecule has 1 atom stereocenters. The SMILES string of the molecule is Nc1ncc(-c2cccc(F)c2)c([C@@H]2CCCN2C(=O)CN2CCOCC2)n1. The van der Waals surface area contributed by atoms with Gasteiger partial charge in [-0.05, 0) is 30.5 Å². The molecular formula is C20H24FN5O2. The van der Waals surface area contributed by atoms with E-state index in [2.05, 4.69) is 14.9 Å². The standard InChI is InChI=1S/C20H24FN5O2/c21-15-4-1-3-14(11-15)16-12-23-20(22)24-19(16)17-5-2-6-26(17)18(27)13-25-7-9-28-10-8-25/h1,3-4,11-12,17H,2,5-10,13H2,(H2,22,23,24)/t17-/m0/s1. The molecule has 0 saturated carbocycles. The van der Waals surface area contributed by atoms with Gasteiger partial charge in [0.15, 0.2) is 0 Å². The van der Waals surface area contributed by atoms with Gasteiger partial charge in [0.05, 0.1) is 31.5 Å². The molecule has 148 valence electrons. The largest absolute Gasteiger partial charge is 0.379 e. The molecule has 0 spiro atoms. The van der Waals surface area contributed by atoms with Crippen LogP contribution in [0.5, 0.6) is 0 Å². The van der Waals surface area contributed by atoms with Crippen molar-refractivity contribution >= 4 is 11.9 Å². The number of nitrogen functional groups attached to an aromatic ring is 1. The van der Waals surface area contributed by atoms with Gasteiger partial charge in [0.25, 0.3) is 0 Å². The number of nitrogens with zero attached hydrogens (tertiary/aromatic N) is 4. The monoisotopic (exact) mass is 385 g/mol. The van der Waals surface area contributed by atoms with E-state index in [0.717, 1.165) is 25.9 Å². The molecule has 2 aromatic rings. The quantitative estimate of drug-likeness (QED) is 0.865. The molecule has 2 aliphatic rings. The van der Waals surface area contributed by atoms with E-state index in [1.165, 1.54) is 12.1 Å². The number of hydrogen-bond donors (Lipinski definition) is 1. The number of amides is 1. The molecule has 0 bridgehead atoms. The fourth-order valence-corrected chi connectivity index (χ4v) is 3.93. The zero-order valence-electron chi connectivity index (χ0n) is 15.7. The molecule has 2 aliphatic heterocycles. The Hall–Kier alpha value is -2.58. The van der Waals surface area contributed by atoms with Crippen LogP contribution in [0.15, 0.2) is 30.5 Å². The minimum atomic E-state index is -0.327. The van der Waals surface area contributed by atoms with E-state index in [1.54, 1.807) is 12.3 Å². The lowest BCUT2D eigenvalue weighted by Gasteiger charge is -2.31. The summed E-state index contributed by atoms with van der Waals surface area (Å²) in [7, 11) is 0. The smallest absolute Gasteiger partial charge is 0.237 e. The lowest BCUT2D eigenvalue weighted by atomic mass is 9.99. The van der Waals surface area contributed by atoms with Gasteiger partial charge in [0, 0.05) is 31.4 Å². The number of likely N-dealkylation sites (tertiary alicyclic amines) is 1.